The fourth-order valence-electron chi connectivity index (χ4n) is 3.58. The van der Waals surface area contributed by atoms with Gasteiger partial charge in [-0.25, -0.2) is 4.98 Å². The summed E-state index contributed by atoms with van der Waals surface area (Å²) in [5, 5.41) is 14.5. The van der Waals surface area contributed by atoms with Crippen LogP contribution in [0.3, 0.4) is 0 Å². The Balaban J connectivity index is 1.45. The number of nitro benzene ring substituents is 1. The van der Waals surface area contributed by atoms with Gasteiger partial charge in [-0.3, -0.25) is 19.9 Å². The van der Waals surface area contributed by atoms with Crippen LogP contribution in [0, 0.1) is 10.1 Å². The molecule has 0 spiro atoms. The molecule has 31 heavy (non-hydrogen) atoms. The SMILES string of the molecule is O=C(NCc1cccnc1)c1ccc(N2CCN(c3ccccn3)CC2)c([N+](=O)[O-])c1. The van der Waals surface area contributed by atoms with Crippen molar-refractivity contribution in [3.63, 3.8) is 0 Å². The fraction of sp³-hybridized carbons (Fsp3) is 0.227. The van der Waals surface area contributed by atoms with E-state index in [1.807, 2.05) is 29.2 Å². The molecule has 1 N–H and O–H groups in total. The molecule has 2 aromatic heterocycles. The topological polar surface area (TPSA) is 104 Å². The molecule has 9 heteroatoms. The summed E-state index contributed by atoms with van der Waals surface area (Å²) in [6.45, 7) is 2.98. The van der Waals surface area contributed by atoms with Gasteiger partial charge in [-0.2, -0.15) is 0 Å². The number of amides is 1. The maximum Gasteiger partial charge on any atom is 0.293 e. The molecule has 0 unspecified atom stereocenters. The van der Waals surface area contributed by atoms with Crippen molar-refractivity contribution in [3.8, 4) is 0 Å². The fourth-order valence-corrected chi connectivity index (χ4v) is 3.58. The first-order valence-corrected chi connectivity index (χ1v) is 9.98. The van der Waals surface area contributed by atoms with Gasteiger partial charge in [0.25, 0.3) is 11.6 Å². The average Bonchev–Trinajstić information content (AvgIpc) is 2.83. The quantitative estimate of drug-likeness (QED) is 0.485. The lowest BCUT2D eigenvalue weighted by molar-refractivity contribution is -0.384. The van der Waals surface area contributed by atoms with E-state index in [9.17, 15) is 14.9 Å². The largest absolute Gasteiger partial charge is 0.362 e. The van der Waals surface area contributed by atoms with E-state index in [4.69, 9.17) is 0 Å². The van der Waals surface area contributed by atoms with Gasteiger partial charge in [0.15, 0.2) is 0 Å². The predicted octanol–water partition coefficient (Wildman–Crippen LogP) is 2.64. The van der Waals surface area contributed by atoms with Gasteiger partial charge < -0.3 is 15.1 Å². The van der Waals surface area contributed by atoms with E-state index < -0.39 is 4.92 Å². The highest BCUT2D eigenvalue weighted by molar-refractivity contribution is 5.95. The minimum absolute atomic E-state index is 0.0692. The Morgan fingerprint density at radius 1 is 1.03 bits per heavy atom. The first kappa shape index (κ1) is 20.3. The molecule has 0 bridgehead atoms. The van der Waals surface area contributed by atoms with Gasteiger partial charge >= 0.3 is 0 Å². The Morgan fingerprint density at radius 3 is 2.52 bits per heavy atom. The van der Waals surface area contributed by atoms with E-state index in [-0.39, 0.29) is 17.2 Å². The number of anilines is 2. The Labute approximate surface area is 179 Å². The highest BCUT2D eigenvalue weighted by atomic mass is 16.6. The lowest BCUT2D eigenvalue weighted by Crippen LogP contribution is -2.47. The summed E-state index contributed by atoms with van der Waals surface area (Å²) in [6, 6.07) is 14.0. The number of hydrogen-bond acceptors (Lipinski definition) is 7. The monoisotopic (exact) mass is 418 g/mol. The second-order valence-corrected chi connectivity index (χ2v) is 7.17. The number of aromatic nitrogens is 2. The van der Waals surface area contributed by atoms with E-state index in [0.29, 0.717) is 38.4 Å². The van der Waals surface area contributed by atoms with Gasteiger partial charge in [-0.15, -0.1) is 0 Å². The number of nitro groups is 1. The third-order valence-corrected chi connectivity index (χ3v) is 5.20. The molecular weight excluding hydrogens is 396 g/mol. The van der Waals surface area contributed by atoms with Crippen LogP contribution in [0.15, 0.2) is 67.1 Å². The number of nitrogens with one attached hydrogen (secondary N) is 1. The number of carbonyl (C=O) groups is 1. The zero-order chi connectivity index (χ0) is 21.6. The summed E-state index contributed by atoms with van der Waals surface area (Å²) in [6.07, 6.45) is 5.07. The molecular formula is C22H22N6O3. The summed E-state index contributed by atoms with van der Waals surface area (Å²) in [7, 11) is 0. The van der Waals surface area contributed by atoms with Gasteiger partial charge in [0.05, 0.1) is 4.92 Å². The van der Waals surface area contributed by atoms with Gasteiger partial charge in [0.1, 0.15) is 11.5 Å². The van der Waals surface area contributed by atoms with Crippen molar-refractivity contribution in [2.75, 3.05) is 36.0 Å². The number of pyridine rings is 2. The van der Waals surface area contributed by atoms with Crippen molar-refractivity contribution in [1.82, 2.24) is 15.3 Å². The number of nitrogens with zero attached hydrogens (tertiary/aromatic N) is 5. The van der Waals surface area contributed by atoms with Crippen molar-refractivity contribution in [3.05, 3.63) is 88.4 Å². The van der Waals surface area contributed by atoms with E-state index >= 15 is 0 Å². The van der Waals surface area contributed by atoms with E-state index in [1.165, 1.54) is 6.07 Å². The van der Waals surface area contributed by atoms with Crippen molar-refractivity contribution < 1.29 is 9.72 Å². The summed E-state index contributed by atoms with van der Waals surface area (Å²) in [4.78, 5) is 36.3. The van der Waals surface area contributed by atoms with E-state index in [1.54, 1.807) is 36.8 Å². The minimum Gasteiger partial charge on any atom is -0.362 e. The van der Waals surface area contributed by atoms with Crippen LogP contribution in [0.5, 0.6) is 0 Å². The van der Waals surface area contributed by atoms with E-state index in [0.717, 1.165) is 11.4 Å². The van der Waals surface area contributed by atoms with Crippen LogP contribution in [0.2, 0.25) is 0 Å². The Hall–Kier alpha value is -4.01. The van der Waals surface area contributed by atoms with Crippen LogP contribution in [0.1, 0.15) is 15.9 Å². The minimum atomic E-state index is -0.432. The second kappa shape index (κ2) is 9.21. The number of benzene rings is 1. The van der Waals surface area contributed by atoms with Gasteiger partial charge in [-0.1, -0.05) is 12.1 Å². The standard InChI is InChI=1S/C22H22N6O3/c29-22(25-16-17-4-3-8-23-15-17)18-6-7-19(20(14-18)28(30)31)26-10-12-27(13-11-26)21-5-1-2-9-24-21/h1-9,14-15H,10-13,16H2,(H,25,29). The first-order chi connectivity index (χ1) is 15.1. The zero-order valence-corrected chi connectivity index (χ0v) is 16.8. The molecule has 0 radical (unpaired) electrons. The third-order valence-electron chi connectivity index (χ3n) is 5.20. The van der Waals surface area contributed by atoms with Crippen LogP contribution in [0.25, 0.3) is 0 Å². The zero-order valence-electron chi connectivity index (χ0n) is 16.8. The molecule has 0 saturated carbocycles. The van der Waals surface area contributed by atoms with Crippen molar-refractivity contribution in [2.45, 2.75) is 6.54 Å². The van der Waals surface area contributed by atoms with Crippen LogP contribution in [-0.2, 0) is 6.54 Å². The number of piperazine rings is 1. The second-order valence-electron chi connectivity index (χ2n) is 7.17. The van der Waals surface area contributed by atoms with Crippen LogP contribution in [0.4, 0.5) is 17.2 Å². The molecule has 4 rings (SSSR count). The van der Waals surface area contributed by atoms with Gasteiger partial charge in [0.2, 0.25) is 0 Å². The normalized spacial score (nSPS) is 13.7. The van der Waals surface area contributed by atoms with E-state index in [2.05, 4.69) is 20.2 Å². The van der Waals surface area contributed by atoms with Crippen LogP contribution >= 0.6 is 0 Å². The molecule has 1 amide bonds. The lowest BCUT2D eigenvalue weighted by atomic mass is 10.1. The molecule has 1 aliphatic heterocycles. The van der Waals surface area contributed by atoms with Crippen LogP contribution < -0.4 is 15.1 Å². The summed E-state index contributed by atoms with van der Waals surface area (Å²) in [5.41, 5.74) is 1.56. The van der Waals surface area contributed by atoms with Crippen molar-refractivity contribution in [1.29, 1.82) is 0 Å². The molecule has 1 aromatic carbocycles. The molecule has 3 heterocycles. The molecule has 0 aliphatic carbocycles. The van der Waals surface area contributed by atoms with Gasteiger partial charge in [-0.05, 0) is 35.9 Å². The lowest BCUT2D eigenvalue weighted by Gasteiger charge is -2.36. The number of rotatable bonds is 6. The average molecular weight is 418 g/mol. The first-order valence-electron chi connectivity index (χ1n) is 9.98. The smallest absolute Gasteiger partial charge is 0.293 e. The predicted molar refractivity (Wildman–Crippen MR) is 117 cm³/mol. The Morgan fingerprint density at radius 2 is 1.84 bits per heavy atom. The number of hydrogen-bond donors (Lipinski definition) is 1. The maximum atomic E-state index is 12.5. The summed E-state index contributed by atoms with van der Waals surface area (Å²) < 4.78 is 0. The van der Waals surface area contributed by atoms with Gasteiger partial charge in [0, 0.05) is 62.9 Å². The Bertz CT molecular complexity index is 1050. The third kappa shape index (κ3) is 4.77. The molecule has 9 nitrogen and oxygen atoms in total. The van der Waals surface area contributed by atoms with Crippen molar-refractivity contribution >= 4 is 23.1 Å². The molecule has 1 fully saturated rings. The molecule has 158 valence electrons. The number of carbonyl (C=O) groups excluding carboxylic acids is 1. The van der Waals surface area contributed by atoms with Crippen molar-refractivity contribution in [2.24, 2.45) is 0 Å². The Kier molecular flexibility index (Phi) is 6.02. The maximum absolute atomic E-state index is 12.5. The molecule has 1 saturated heterocycles. The molecule has 1 aliphatic rings. The van der Waals surface area contributed by atoms with Crippen LogP contribution in [-0.4, -0.2) is 47.0 Å². The summed E-state index contributed by atoms with van der Waals surface area (Å²) in [5.74, 6) is 0.538. The summed E-state index contributed by atoms with van der Waals surface area (Å²) >= 11 is 0. The molecule has 0 atom stereocenters. The highest BCUT2D eigenvalue weighted by Crippen LogP contribution is 2.30. The highest BCUT2D eigenvalue weighted by Gasteiger charge is 2.25. The molecule has 3 aromatic rings.